The first-order valence-electron chi connectivity index (χ1n) is 6.98. The number of nitrogens with two attached hydrogens (primary N) is 1. The van der Waals surface area contributed by atoms with Gasteiger partial charge in [0.2, 0.25) is 0 Å². The van der Waals surface area contributed by atoms with E-state index in [1.807, 2.05) is 31.2 Å². The van der Waals surface area contributed by atoms with Crippen LogP contribution in [0.5, 0.6) is 11.5 Å². The van der Waals surface area contributed by atoms with Crippen molar-refractivity contribution in [2.45, 2.75) is 19.4 Å². The first kappa shape index (κ1) is 17.1. The van der Waals surface area contributed by atoms with Gasteiger partial charge in [0.05, 0.1) is 20.3 Å². The van der Waals surface area contributed by atoms with Crippen LogP contribution in [-0.2, 0) is 4.74 Å². The van der Waals surface area contributed by atoms with Crippen molar-refractivity contribution in [3.05, 3.63) is 24.3 Å². The molecule has 0 aromatic heterocycles. The number of nitrogens with one attached hydrogen (secondary N) is 1. The summed E-state index contributed by atoms with van der Waals surface area (Å²) in [5.74, 6) is 2.07. The number of hydrogen-bond acceptors (Lipinski definition) is 4. The average Bonchev–Trinajstić information content (AvgIpc) is 2.47. The Morgan fingerprint density at radius 1 is 1.24 bits per heavy atom. The molecule has 0 spiro atoms. The molecule has 1 rings (SSSR count). The van der Waals surface area contributed by atoms with Crippen LogP contribution in [0.25, 0.3) is 0 Å². The summed E-state index contributed by atoms with van der Waals surface area (Å²) in [4.78, 5) is 4.23. The van der Waals surface area contributed by atoms with Gasteiger partial charge < -0.3 is 25.3 Å². The normalized spacial score (nSPS) is 12.8. The van der Waals surface area contributed by atoms with Crippen LogP contribution >= 0.6 is 0 Å². The van der Waals surface area contributed by atoms with Gasteiger partial charge in [-0.15, -0.1) is 0 Å². The second kappa shape index (κ2) is 9.88. The van der Waals surface area contributed by atoms with Gasteiger partial charge in [-0.1, -0.05) is 0 Å². The maximum atomic E-state index is 5.76. The minimum absolute atomic E-state index is 0.147. The third kappa shape index (κ3) is 7.41. The molecule has 6 nitrogen and oxygen atoms in total. The fourth-order valence-corrected chi connectivity index (χ4v) is 1.72. The maximum Gasteiger partial charge on any atom is 0.188 e. The Bertz CT molecular complexity index is 421. The van der Waals surface area contributed by atoms with Crippen molar-refractivity contribution in [2.75, 3.05) is 34.0 Å². The van der Waals surface area contributed by atoms with Gasteiger partial charge in [0, 0.05) is 26.1 Å². The summed E-state index contributed by atoms with van der Waals surface area (Å²) in [7, 11) is 3.29. The summed E-state index contributed by atoms with van der Waals surface area (Å²) in [5.41, 5.74) is 5.76. The zero-order chi connectivity index (χ0) is 15.5. The second-order valence-electron chi connectivity index (χ2n) is 4.65. The molecule has 0 aliphatic heterocycles. The molecule has 0 aliphatic rings. The highest BCUT2D eigenvalue weighted by atomic mass is 16.5. The van der Waals surface area contributed by atoms with Crippen molar-refractivity contribution < 1.29 is 14.2 Å². The Balaban J connectivity index is 2.18. The molecule has 118 valence electrons. The third-order valence-electron chi connectivity index (χ3n) is 2.72. The van der Waals surface area contributed by atoms with Crippen LogP contribution in [-0.4, -0.2) is 46.0 Å². The van der Waals surface area contributed by atoms with E-state index in [-0.39, 0.29) is 6.04 Å². The van der Waals surface area contributed by atoms with Crippen molar-refractivity contribution in [1.29, 1.82) is 0 Å². The lowest BCUT2D eigenvalue weighted by Crippen LogP contribution is -2.40. The number of aliphatic imine (C=N–C) groups is 1. The molecule has 0 aliphatic carbocycles. The smallest absolute Gasteiger partial charge is 0.188 e. The molecule has 3 N–H and O–H groups in total. The number of guanidine groups is 1. The number of methoxy groups -OCH3 is 2. The standard InChI is InChI=1S/C15H25N3O3/c1-12(11-19-2)18-15(16)17-9-4-10-21-14-7-5-13(20-3)6-8-14/h5-8,12H,4,9-11H2,1-3H3,(H3,16,17,18). The lowest BCUT2D eigenvalue weighted by Gasteiger charge is -2.13. The Morgan fingerprint density at radius 2 is 1.90 bits per heavy atom. The SMILES string of the molecule is COCC(C)NC(N)=NCCCOc1ccc(OC)cc1. The van der Waals surface area contributed by atoms with Gasteiger partial charge in [-0.25, -0.2) is 0 Å². The minimum atomic E-state index is 0.147. The van der Waals surface area contributed by atoms with Gasteiger partial charge >= 0.3 is 0 Å². The number of nitrogens with zero attached hydrogens (tertiary/aromatic N) is 1. The summed E-state index contributed by atoms with van der Waals surface area (Å²) >= 11 is 0. The Kier molecular flexibility index (Phi) is 8.04. The average molecular weight is 295 g/mol. The van der Waals surface area contributed by atoms with Crippen LogP contribution in [0.3, 0.4) is 0 Å². The first-order valence-corrected chi connectivity index (χ1v) is 6.98. The molecular weight excluding hydrogens is 270 g/mol. The van der Waals surface area contributed by atoms with E-state index in [2.05, 4.69) is 10.3 Å². The summed E-state index contributed by atoms with van der Waals surface area (Å²) in [6.45, 7) is 3.79. The monoisotopic (exact) mass is 295 g/mol. The maximum absolute atomic E-state index is 5.76. The highest BCUT2D eigenvalue weighted by Crippen LogP contribution is 2.16. The summed E-state index contributed by atoms with van der Waals surface area (Å²) in [5, 5.41) is 3.05. The Labute approximate surface area is 126 Å². The predicted octanol–water partition coefficient (Wildman–Crippen LogP) is 1.40. The summed E-state index contributed by atoms with van der Waals surface area (Å²) in [6.07, 6.45) is 0.799. The van der Waals surface area contributed by atoms with E-state index in [1.165, 1.54) is 0 Å². The number of rotatable bonds is 9. The largest absolute Gasteiger partial charge is 0.497 e. The molecule has 1 unspecified atom stereocenters. The molecule has 0 saturated carbocycles. The van der Waals surface area contributed by atoms with Crippen molar-refractivity contribution in [3.63, 3.8) is 0 Å². The van der Waals surface area contributed by atoms with E-state index in [4.69, 9.17) is 19.9 Å². The molecular formula is C15H25N3O3. The summed E-state index contributed by atoms with van der Waals surface area (Å²) in [6, 6.07) is 7.64. The quantitative estimate of drug-likeness (QED) is 0.409. The molecule has 0 fully saturated rings. The van der Waals surface area contributed by atoms with Crippen LogP contribution in [0.4, 0.5) is 0 Å². The van der Waals surface area contributed by atoms with Crippen LogP contribution in [0.2, 0.25) is 0 Å². The number of hydrogen-bond donors (Lipinski definition) is 2. The zero-order valence-corrected chi connectivity index (χ0v) is 13.0. The highest BCUT2D eigenvalue weighted by molar-refractivity contribution is 5.78. The molecule has 1 aromatic carbocycles. The molecule has 0 bridgehead atoms. The second-order valence-corrected chi connectivity index (χ2v) is 4.65. The molecule has 0 radical (unpaired) electrons. The molecule has 21 heavy (non-hydrogen) atoms. The molecule has 6 heteroatoms. The van der Waals surface area contributed by atoms with Crippen molar-refractivity contribution in [3.8, 4) is 11.5 Å². The molecule has 1 atom stereocenters. The highest BCUT2D eigenvalue weighted by Gasteiger charge is 2.01. The zero-order valence-electron chi connectivity index (χ0n) is 13.0. The number of ether oxygens (including phenoxy) is 3. The van der Waals surface area contributed by atoms with Crippen molar-refractivity contribution in [1.82, 2.24) is 5.32 Å². The Morgan fingerprint density at radius 3 is 2.52 bits per heavy atom. The van der Waals surface area contributed by atoms with Crippen LogP contribution < -0.4 is 20.5 Å². The van der Waals surface area contributed by atoms with Crippen molar-refractivity contribution in [2.24, 2.45) is 10.7 Å². The van der Waals surface area contributed by atoms with Gasteiger partial charge in [0.25, 0.3) is 0 Å². The van der Waals surface area contributed by atoms with E-state index < -0.39 is 0 Å². The summed E-state index contributed by atoms with van der Waals surface area (Å²) < 4.78 is 15.7. The first-order chi connectivity index (χ1) is 10.2. The van der Waals surface area contributed by atoms with E-state index in [1.54, 1.807) is 14.2 Å². The van der Waals surface area contributed by atoms with Crippen LogP contribution in [0.1, 0.15) is 13.3 Å². The van der Waals surface area contributed by atoms with E-state index in [0.717, 1.165) is 17.9 Å². The minimum Gasteiger partial charge on any atom is -0.497 e. The van der Waals surface area contributed by atoms with Crippen molar-refractivity contribution >= 4 is 5.96 Å². The molecule has 1 aromatic rings. The number of benzene rings is 1. The fourth-order valence-electron chi connectivity index (χ4n) is 1.72. The van der Waals surface area contributed by atoms with E-state index in [9.17, 15) is 0 Å². The molecule has 0 saturated heterocycles. The lowest BCUT2D eigenvalue weighted by atomic mass is 10.3. The fraction of sp³-hybridized carbons (Fsp3) is 0.533. The van der Waals surface area contributed by atoms with Gasteiger partial charge in [0.15, 0.2) is 5.96 Å². The predicted molar refractivity (Wildman–Crippen MR) is 84.1 cm³/mol. The van der Waals surface area contributed by atoms with Gasteiger partial charge in [-0.3, -0.25) is 4.99 Å². The topological polar surface area (TPSA) is 78.1 Å². The van der Waals surface area contributed by atoms with E-state index >= 15 is 0 Å². The van der Waals surface area contributed by atoms with Gasteiger partial charge in [-0.05, 0) is 31.2 Å². The lowest BCUT2D eigenvalue weighted by molar-refractivity contribution is 0.179. The van der Waals surface area contributed by atoms with E-state index in [0.29, 0.717) is 25.7 Å². The Hall–Kier alpha value is -1.95. The third-order valence-corrected chi connectivity index (χ3v) is 2.72. The van der Waals surface area contributed by atoms with Crippen LogP contribution in [0, 0.1) is 0 Å². The van der Waals surface area contributed by atoms with Gasteiger partial charge in [-0.2, -0.15) is 0 Å². The molecule has 0 heterocycles. The molecule has 0 amide bonds. The van der Waals surface area contributed by atoms with Crippen LogP contribution in [0.15, 0.2) is 29.3 Å². The van der Waals surface area contributed by atoms with Gasteiger partial charge in [0.1, 0.15) is 11.5 Å².